The number of rotatable bonds is 9. The van der Waals surface area contributed by atoms with E-state index in [-0.39, 0.29) is 36.6 Å². The van der Waals surface area contributed by atoms with E-state index in [0.717, 1.165) is 28.9 Å². The summed E-state index contributed by atoms with van der Waals surface area (Å²) in [5.41, 5.74) is 6.76. The molecule has 0 N–H and O–H groups in total. The summed E-state index contributed by atoms with van der Waals surface area (Å²) in [4.78, 5) is 15.5. The Morgan fingerprint density at radius 2 is 1.74 bits per heavy atom. The highest BCUT2D eigenvalue weighted by molar-refractivity contribution is 7.89. The lowest BCUT2D eigenvalue weighted by atomic mass is 9.96. The van der Waals surface area contributed by atoms with Crippen LogP contribution in [0.15, 0.2) is 47.5 Å². The third kappa shape index (κ3) is 5.62. The molecule has 1 aromatic heterocycles. The SMILES string of the molecule is COc1c(C)cc(S(=O)(=O)N(C)CCOCC(=O)N2CCn3cccc3C2c2ccc(C)c(C)c2)c(C)c1C. The van der Waals surface area contributed by atoms with E-state index in [1.54, 1.807) is 20.1 Å². The molecule has 0 radical (unpaired) electrons. The first-order chi connectivity index (χ1) is 18.5. The number of carbonyl (C=O) groups is 1. The second-order valence-electron chi connectivity index (χ2n) is 10.3. The number of hydrogen-bond donors (Lipinski definition) is 0. The summed E-state index contributed by atoms with van der Waals surface area (Å²) in [7, 11) is -0.627. The number of aromatic nitrogens is 1. The molecular formula is C30H39N3O5S. The van der Waals surface area contributed by atoms with Crippen molar-refractivity contribution in [1.82, 2.24) is 13.8 Å². The van der Waals surface area contributed by atoms with Crippen LogP contribution in [-0.4, -0.2) is 68.6 Å². The molecule has 8 nitrogen and oxygen atoms in total. The molecule has 9 heteroatoms. The van der Waals surface area contributed by atoms with Gasteiger partial charge in [0.1, 0.15) is 12.4 Å². The minimum absolute atomic E-state index is 0.104. The number of nitrogens with zero attached hydrogens (tertiary/aromatic N) is 3. The fraction of sp³-hybridized carbons (Fsp3) is 0.433. The molecule has 1 aliphatic rings. The van der Waals surface area contributed by atoms with Crippen molar-refractivity contribution in [1.29, 1.82) is 0 Å². The van der Waals surface area contributed by atoms with Crippen molar-refractivity contribution >= 4 is 15.9 Å². The molecule has 2 heterocycles. The molecule has 1 amide bonds. The van der Waals surface area contributed by atoms with Crippen LogP contribution in [0.4, 0.5) is 0 Å². The Morgan fingerprint density at radius 3 is 2.44 bits per heavy atom. The summed E-state index contributed by atoms with van der Waals surface area (Å²) in [6.07, 6.45) is 2.05. The van der Waals surface area contributed by atoms with E-state index >= 15 is 0 Å². The Labute approximate surface area is 232 Å². The molecular weight excluding hydrogens is 514 g/mol. The Balaban J connectivity index is 1.42. The maximum atomic E-state index is 13.4. The van der Waals surface area contributed by atoms with Gasteiger partial charge in [0, 0.05) is 38.6 Å². The topological polar surface area (TPSA) is 81.1 Å². The Hall–Kier alpha value is -3.14. The number of likely N-dealkylation sites (N-methyl/N-ethyl adjacent to an activating group) is 1. The van der Waals surface area contributed by atoms with Crippen LogP contribution in [-0.2, 0) is 26.1 Å². The van der Waals surface area contributed by atoms with E-state index in [2.05, 4.69) is 42.7 Å². The highest BCUT2D eigenvalue weighted by atomic mass is 32.2. The third-order valence-corrected chi connectivity index (χ3v) is 9.84. The van der Waals surface area contributed by atoms with E-state index in [1.165, 1.54) is 22.5 Å². The van der Waals surface area contributed by atoms with E-state index in [0.29, 0.717) is 17.9 Å². The average molecular weight is 554 g/mol. The van der Waals surface area contributed by atoms with Gasteiger partial charge in [-0.2, -0.15) is 4.31 Å². The minimum atomic E-state index is -3.74. The lowest BCUT2D eigenvalue weighted by molar-refractivity contribution is -0.138. The predicted molar refractivity (Wildman–Crippen MR) is 152 cm³/mol. The van der Waals surface area contributed by atoms with E-state index in [1.807, 2.05) is 31.0 Å². The summed E-state index contributed by atoms with van der Waals surface area (Å²) < 4.78 is 41.3. The highest BCUT2D eigenvalue weighted by Gasteiger charge is 2.32. The first kappa shape index (κ1) is 28.9. The van der Waals surface area contributed by atoms with Gasteiger partial charge in [-0.1, -0.05) is 18.2 Å². The van der Waals surface area contributed by atoms with Gasteiger partial charge in [0.15, 0.2) is 0 Å². The van der Waals surface area contributed by atoms with Gasteiger partial charge in [-0.25, -0.2) is 8.42 Å². The molecule has 0 saturated carbocycles. The van der Waals surface area contributed by atoms with Gasteiger partial charge in [0.05, 0.1) is 24.7 Å². The number of sulfonamides is 1. The molecule has 1 atom stereocenters. The standard InChI is InChI=1S/C30H39N3O5S/c1-20-10-11-25(17-21(20)2)29-26-9-8-12-32(26)13-14-33(29)28(34)19-38-16-15-31(6)39(35,36)27-18-22(3)30(37-7)24(5)23(27)4/h8-12,17-18,29H,13-16,19H2,1-7H3. The number of carbonyl (C=O) groups excluding carboxylic acids is 1. The summed E-state index contributed by atoms with van der Waals surface area (Å²) in [5.74, 6) is 0.577. The minimum Gasteiger partial charge on any atom is -0.496 e. The van der Waals surface area contributed by atoms with Crippen LogP contribution < -0.4 is 4.74 Å². The molecule has 1 aliphatic heterocycles. The monoisotopic (exact) mass is 553 g/mol. The zero-order chi connectivity index (χ0) is 28.5. The number of methoxy groups -OCH3 is 1. The Bertz CT molecular complexity index is 1480. The van der Waals surface area contributed by atoms with Crippen molar-refractivity contribution in [2.75, 3.05) is 40.5 Å². The molecule has 2 aromatic carbocycles. The molecule has 0 spiro atoms. The van der Waals surface area contributed by atoms with Crippen molar-refractivity contribution in [3.05, 3.63) is 81.7 Å². The maximum absolute atomic E-state index is 13.4. The van der Waals surface area contributed by atoms with Gasteiger partial charge in [-0.05, 0) is 86.2 Å². The fourth-order valence-electron chi connectivity index (χ4n) is 5.26. The average Bonchev–Trinajstić information content (AvgIpc) is 3.38. The molecule has 3 aromatic rings. The van der Waals surface area contributed by atoms with Gasteiger partial charge < -0.3 is 18.9 Å². The fourth-order valence-corrected chi connectivity index (χ4v) is 6.78. The molecule has 0 fully saturated rings. The molecule has 0 aliphatic carbocycles. The van der Waals surface area contributed by atoms with Crippen LogP contribution in [0.5, 0.6) is 5.75 Å². The first-order valence-electron chi connectivity index (χ1n) is 13.2. The van der Waals surface area contributed by atoms with Crippen molar-refractivity contribution in [3.8, 4) is 5.75 Å². The Kier molecular flexibility index (Phi) is 8.54. The van der Waals surface area contributed by atoms with Gasteiger partial charge >= 0.3 is 0 Å². The molecule has 210 valence electrons. The van der Waals surface area contributed by atoms with E-state index < -0.39 is 10.0 Å². The summed E-state index contributed by atoms with van der Waals surface area (Å²) in [6.45, 7) is 11.0. The molecule has 4 rings (SSSR count). The second kappa shape index (κ2) is 11.5. The summed E-state index contributed by atoms with van der Waals surface area (Å²) >= 11 is 0. The number of benzene rings is 2. The van der Waals surface area contributed by atoms with Crippen LogP contribution in [0.1, 0.15) is 45.1 Å². The summed E-state index contributed by atoms with van der Waals surface area (Å²) in [5, 5.41) is 0. The third-order valence-electron chi connectivity index (χ3n) is 7.85. The van der Waals surface area contributed by atoms with Crippen molar-refractivity contribution in [3.63, 3.8) is 0 Å². The van der Waals surface area contributed by atoms with Gasteiger partial charge in [-0.3, -0.25) is 4.79 Å². The zero-order valence-corrected chi connectivity index (χ0v) is 24.8. The van der Waals surface area contributed by atoms with Gasteiger partial charge in [-0.15, -0.1) is 0 Å². The molecule has 0 saturated heterocycles. The maximum Gasteiger partial charge on any atom is 0.249 e. The molecule has 0 bridgehead atoms. The summed E-state index contributed by atoms with van der Waals surface area (Å²) in [6, 6.07) is 11.8. The van der Waals surface area contributed by atoms with Crippen molar-refractivity contribution in [2.45, 2.75) is 52.1 Å². The van der Waals surface area contributed by atoms with Crippen LogP contribution in [0.3, 0.4) is 0 Å². The van der Waals surface area contributed by atoms with Crippen LogP contribution in [0.25, 0.3) is 0 Å². The number of amides is 1. The lowest BCUT2D eigenvalue weighted by Crippen LogP contribution is -2.44. The van der Waals surface area contributed by atoms with Gasteiger partial charge in [0.25, 0.3) is 0 Å². The number of hydrogen-bond acceptors (Lipinski definition) is 5. The van der Waals surface area contributed by atoms with E-state index in [9.17, 15) is 13.2 Å². The quantitative estimate of drug-likeness (QED) is 0.369. The number of fused-ring (bicyclic) bond motifs is 1. The highest BCUT2D eigenvalue weighted by Crippen LogP contribution is 2.34. The normalized spacial score (nSPS) is 15.5. The van der Waals surface area contributed by atoms with Crippen molar-refractivity contribution < 1.29 is 22.7 Å². The lowest BCUT2D eigenvalue weighted by Gasteiger charge is -2.37. The van der Waals surface area contributed by atoms with Crippen LogP contribution >= 0.6 is 0 Å². The number of aryl methyl sites for hydroxylation is 3. The molecule has 39 heavy (non-hydrogen) atoms. The zero-order valence-electron chi connectivity index (χ0n) is 23.9. The Morgan fingerprint density at radius 1 is 1.00 bits per heavy atom. The van der Waals surface area contributed by atoms with Crippen molar-refractivity contribution in [2.24, 2.45) is 0 Å². The molecule has 1 unspecified atom stereocenters. The largest absolute Gasteiger partial charge is 0.496 e. The number of ether oxygens (including phenoxy) is 2. The van der Waals surface area contributed by atoms with Crippen LogP contribution in [0.2, 0.25) is 0 Å². The second-order valence-corrected chi connectivity index (χ2v) is 12.3. The van der Waals surface area contributed by atoms with Gasteiger partial charge in [0.2, 0.25) is 15.9 Å². The van der Waals surface area contributed by atoms with Crippen LogP contribution in [0, 0.1) is 34.6 Å². The van der Waals surface area contributed by atoms with E-state index in [4.69, 9.17) is 9.47 Å². The predicted octanol–water partition coefficient (Wildman–Crippen LogP) is 4.31. The first-order valence-corrected chi connectivity index (χ1v) is 14.6. The smallest absolute Gasteiger partial charge is 0.249 e.